The molecule has 2 aromatic rings. The second kappa shape index (κ2) is 6.98. The van der Waals surface area contributed by atoms with Crippen molar-refractivity contribution in [2.45, 2.75) is 52.2 Å². The summed E-state index contributed by atoms with van der Waals surface area (Å²) in [5.41, 5.74) is 0. The third-order valence-corrected chi connectivity index (χ3v) is 5.66. The highest BCUT2D eigenvalue weighted by molar-refractivity contribution is 5.79. The van der Waals surface area contributed by atoms with Crippen LogP contribution in [0.3, 0.4) is 0 Å². The van der Waals surface area contributed by atoms with Crippen molar-refractivity contribution in [2.24, 2.45) is 17.8 Å². The highest BCUT2D eigenvalue weighted by Crippen LogP contribution is 2.30. The van der Waals surface area contributed by atoms with Crippen LogP contribution in [0.5, 0.6) is 0 Å². The van der Waals surface area contributed by atoms with Gasteiger partial charge >= 0.3 is 0 Å². The Morgan fingerprint density at radius 1 is 1.24 bits per heavy atom. The summed E-state index contributed by atoms with van der Waals surface area (Å²) in [7, 11) is 0. The van der Waals surface area contributed by atoms with Crippen LogP contribution in [-0.2, 0) is 24.4 Å². The average molecular weight is 342 g/mol. The first-order valence-corrected chi connectivity index (χ1v) is 9.30. The topological polar surface area (TPSA) is 68.8 Å². The summed E-state index contributed by atoms with van der Waals surface area (Å²) in [6, 6.07) is 0. The largest absolute Gasteiger partial charge is 0.335 e. The molecular formula is C18H26N6O. The van der Waals surface area contributed by atoms with Crippen molar-refractivity contribution in [1.29, 1.82) is 0 Å². The molecule has 0 N–H and O–H groups in total. The molecule has 7 nitrogen and oxygen atoms in total. The molecule has 0 aromatic carbocycles. The number of amides is 1. The van der Waals surface area contributed by atoms with E-state index in [1.54, 1.807) is 12.7 Å². The number of hydrogen-bond donors (Lipinski definition) is 0. The third-order valence-electron chi connectivity index (χ3n) is 5.66. The van der Waals surface area contributed by atoms with Crippen LogP contribution in [0.4, 0.5) is 0 Å². The van der Waals surface area contributed by atoms with Gasteiger partial charge in [-0.2, -0.15) is 5.10 Å². The maximum atomic E-state index is 13.1. The predicted molar refractivity (Wildman–Crippen MR) is 92.3 cm³/mol. The summed E-state index contributed by atoms with van der Waals surface area (Å²) >= 11 is 0. The van der Waals surface area contributed by atoms with E-state index >= 15 is 0 Å². The van der Waals surface area contributed by atoms with E-state index in [0.717, 1.165) is 44.2 Å². The summed E-state index contributed by atoms with van der Waals surface area (Å²) in [5, 5.41) is 4.23. The first-order valence-electron chi connectivity index (χ1n) is 9.30. The first-order chi connectivity index (χ1) is 12.2. The van der Waals surface area contributed by atoms with Gasteiger partial charge in [0.15, 0.2) is 0 Å². The Labute approximate surface area is 148 Å². The first kappa shape index (κ1) is 16.3. The molecule has 1 saturated carbocycles. The van der Waals surface area contributed by atoms with Gasteiger partial charge < -0.3 is 9.47 Å². The second-order valence-corrected chi connectivity index (χ2v) is 7.65. The molecule has 7 heteroatoms. The van der Waals surface area contributed by atoms with Crippen molar-refractivity contribution in [3.8, 4) is 0 Å². The zero-order valence-electron chi connectivity index (χ0n) is 14.8. The zero-order valence-corrected chi connectivity index (χ0v) is 14.8. The average Bonchev–Trinajstić information content (AvgIpc) is 3.24. The van der Waals surface area contributed by atoms with E-state index in [1.165, 1.54) is 12.8 Å². The van der Waals surface area contributed by atoms with E-state index in [9.17, 15) is 4.79 Å². The van der Waals surface area contributed by atoms with Crippen molar-refractivity contribution in [3.63, 3.8) is 0 Å². The molecular weight excluding hydrogens is 316 g/mol. The van der Waals surface area contributed by atoms with E-state index < -0.39 is 0 Å². The van der Waals surface area contributed by atoms with Crippen LogP contribution in [-0.4, -0.2) is 41.7 Å². The van der Waals surface area contributed by atoms with E-state index in [1.807, 2.05) is 22.0 Å². The number of imidazole rings is 1. The molecule has 25 heavy (non-hydrogen) atoms. The Balaban J connectivity index is 1.51. The number of rotatable bonds is 3. The minimum atomic E-state index is 0.185. The Morgan fingerprint density at radius 3 is 2.84 bits per heavy atom. The molecule has 0 unspecified atom stereocenters. The molecule has 0 saturated heterocycles. The lowest BCUT2D eigenvalue weighted by atomic mass is 9.82. The van der Waals surface area contributed by atoms with E-state index in [4.69, 9.17) is 0 Å². The van der Waals surface area contributed by atoms with Crippen LogP contribution in [0.2, 0.25) is 0 Å². The number of hydrogen-bond acceptors (Lipinski definition) is 4. The summed E-state index contributed by atoms with van der Waals surface area (Å²) in [5.74, 6) is 2.55. The molecule has 1 aliphatic carbocycles. The fourth-order valence-electron chi connectivity index (χ4n) is 4.18. The van der Waals surface area contributed by atoms with Crippen LogP contribution in [0, 0.1) is 17.8 Å². The monoisotopic (exact) mass is 342 g/mol. The van der Waals surface area contributed by atoms with Gasteiger partial charge in [-0.15, -0.1) is 0 Å². The van der Waals surface area contributed by atoms with Gasteiger partial charge in [0.25, 0.3) is 0 Å². The number of carbonyl (C=O) groups excluding carboxylic acids is 1. The zero-order chi connectivity index (χ0) is 17.2. The predicted octanol–water partition coefficient (Wildman–Crippen LogP) is 1.96. The lowest BCUT2D eigenvalue weighted by molar-refractivity contribution is -0.138. The normalized spacial score (nSPS) is 26.9. The van der Waals surface area contributed by atoms with Crippen molar-refractivity contribution >= 4 is 5.91 Å². The van der Waals surface area contributed by atoms with Crippen molar-refractivity contribution < 1.29 is 4.79 Å². The van der Waals surface area contributed by atoms with Gasteiger partial charge in [0.1, 0.15) is 18.5 Å². The molecule has 0 spiro atoms. The smallest absolute Gasteiger partial charge is 0.226 e. The van der Waals surface area contributed by atoms with Gasteiger partial charge in [-0.3, -0.25) is 9.48 Å². The number of aromatic nitrogens is 5. The number of fused-ring (bicyclic) bond motifs is 1. The molecule has 2 aromatic heterocycles. The number of carbonyl (C=O) groups is 1. The van der Waals surface area contributed by atoms with Crippen LogP contribution >= 0.6 is 0 Å². The maximum absolute atomic E-state index is 13.1. The fourth-order valence-corrected chi connectivity index (χ4v) is 4.18. The van der Waals surface area contributed by atoms with Gasteiger partial charge in [0.05, 0.1) is 6.54 Å². The highest BCUT2D eigenvalue weighted by Gasteiger charge is 2.32. The van der Waals surface area contributed by atoms with Crippen LogP contribution in [0.1, 0.15) is 38.4 Å². The lowest BCUT2D eigenvalue weighted by Gasteiger charge is -2.31. The number of nitrogens with zero attached hydrogens (tertiary/aromatic N) is 6. The van der Waals surface area contributed by atoms with Crippen molar-refractivity contribution in [1.82, 2.24) is 29.2 Å². The second-order valence-electron chi connectivity index (χ2n) is 7.65. The summed E-state index contributed by atoms with van der Waals surface area (Å²) in [4.78, 5) is 23.7. The molecule has 1 fully saturated rings. The van der Waals surface area contributed by atoms with Crippen molar-refractivity contribution in [2.75, 3.05) is 6.54 Å². The van der Waals surface area contributed by atoms with E-state index in [-0.39, 0.29) is 5.92 Å². The van der Waals surface area contributed by atoms with Crippen molar-refractivity contribution in [3.05, 3.63) is 30.9 Å². The Morgan fingerprint density at radius 2 is 2.08 bits per heavy atom. The SMILES string of the molecule is CC1CCC(C(=O)N2Cc3nccn3C[C@@H](Cn3cncn3)C2)CC1. The summed E-state index contributed by atoms with van der Waals surface area (Å²) in [6.07, 6.45) is 11.5. The maximum Gasteiger partial charge on any atom is 0.226 e. The molecule has 1 aliphatic heterocycles. The molecule has 2 aliphatic rings. The molecule has 1 atom stereocenters. The van der Waals surface area contributed by atoms with Gasteiger partial charge in [0.2, 0.25) is 5.91 Å². The third kappa shape index (κ3) is 3.60. The van der Waals surface area contributed by atoms with Gasteiger partial charge in [-0.1, -0.05) is 6.92 Å². The fraction of sp³-hybridized carbons (Fsp3) is 0.667. The lowest BCUT2D eigenvalue weighted by Crippen LogP contribution is -2.40. The molecule has 3 heterocycles. The molecule has 134 valence electrons. The summed E-state index contributed by atoms with van der Waals surface area (Å²) < 4.78 is 4.04. The van der Waals surface area contributed by atoms with Gasteiger partial charge in [0, 0.05) is 43.9 Å². The Kier molecular flexibility index (Phi) is 4.55. The Bertz CT molecular complexity index is 701. The molecule has 1 amide bonds. The van der Waals surface area contributed by atoms with E-state index in [0.29, 0.717) is 18.4 Å². The quantitative estimate of drug-likeness (QED) is 0.855. The summed E-state index contributed by atoms with van der Waals surface area (Å²) in [6.45, 7) is 5.29. The van der Waals surface area contributed by atoms with Crippen LogP contribution in [0.15, 0.2) is 25.0 Å². The van der Waals surface area contributed by atoms with E-state index in [2.05, 4.69) is 26.6 Å². The minimum Gasteiger partial charge on any atom is -0.335 e. The molecule has 0 bridgehead atoms. The van der Waals surface area contributed by atoms with Gasteiger partial charge in [-0.25, -0.2) is 9.97 Å². The minimum absolute atomic E-state index is 0.185. The standard InChI is InChI=1S/C18H26N6O/c1-14-2-4-16(5-3-14)18(25)23-9-15(10-24-13-19-12-21-24)8-22-7-6-20-17(22)11-23/h6-7,12-16H,2-5,8-11H2,1H3/t14?,15-,16?/m1/s1. The van der Waals surface area contributed by atoms with Gasteiger partial charge in [-0.05, 0) is 31.6 Å². The van der Waals surface area contributed by atoms with Crippen LogP contribution < -0.4 is 0 Å². The highest BCUT2D eigenvalue weighted by atomic mass is 16.2. The van der Waals surface area contributed by atoms with Crippen LogP contribution in [0.25, 0.3) is 0 Å². The molecule has 4 rings (SSSR count). The Hall–Kier alpha value is -2.18. The molecule has 0 radical (unpaired) electrons.